The van der Waals surface area contributed by atoms with Gasteiger partial charge in [-0.2, -0.15) is 10.2 Å². The molecule has 0 spiro atoms. The third-order valence-corrected chi connectivity index (χ3v) is 5.19. The second-order valence-electron chi connectivity index (χ2n) is 9.09. The summed E-state index contributed by atoms with van der Waals surface area (Å²) in [5.41, 5.74) is 16.7. The number of aliphatic imine (C=N–C) groups is 1. The normalized spacial score (nSPS) is 22.5. The van der Waals surface area contributed by atoms with Crippen LogP contribution in [0.4, 0.5) is 0 Å². The summed E-state index contributed by atoms with van der Waals surface area (Å²) in [6.07, 6.45) is 3.31. The quantitative estimate of drug-likeness (QED) is 0.368. The van der Waals surface area contributed by atoms with Gasteiger partial charge in [0, 0.05) is 22.6 Å². The van der Waals surface area contributed by atoms with Crippen molar-refractivity contribution >= 4 is 23.0 Å². The number of ether oxygens (including phenoxy) is 1. The molecule has 1 aromatic carbocycles. The zero-order chi connectivity index (χ0) is 25.8. The van der Waals surface area contributed by atoms with Crippen LogP contribution in [0.3, 0.4) is 0 Å². The topological polar surface area (TPSA) is 120 Å². The van der Waals surface area contributed by atoms with Gasteiger partial charge in [-0.15, -0.1) is 0 Å². The summed E-state index contributed by atoms with van der Waals surface area (Å²) in [4.78, 5) is 4.44. The Morgan fingerprint density at radius 3 is 2.21 bits per heavy atom. The molecule has 3 unspecified atom stereocenters. The summed E-state index contributed by atoms with van der Waals surface area (Å²) in [5.74, 6) is 2.28. The molecular formula is C26H43N7O. The van der Waals surface area contributed by atoms with Crippen LogP contribution < -0.4 is 21.3 Å². The molecule has 8 heteroatoms. The van der Waals surface area contributed by atoms with Crippen molar-refractivity contribution in [2.75, 3.05) is 7.11 Å². The Bertz CT molecular complexity index is 906. The van der Waals surface area contributed by atoms with Crippen LogP contribution in [0, 0.1) is 17.2 Å². The van der Waals surface area contributed by atoms with Crippen LogP contribution in [0.2, 0.25) is 0 Å². The van der Waals surface area contributed by atoms with Crippen LogP contribution in [0.1, 0.15) is 67.4 Å². The number of hydrogen-bond acceptors (Lipinski definition) is 7. The van der Waals surface area contributed by atoms with E-state index < -0.39 is 0 Å². The molecule has 0 fully saturated rings. The molecular weight excluding hydrogens is 426 g/mol. The molecule has 5 N–H and O–H groups in total. The van der Waals surface area contributed by atoms with Crippen molar-refractivity contribution in [2.45, 2.75) is 74.0 Å². The average Bonchev–Trinajstić information content (AvgIpc) is 3.31. The number of benzene rings is 1. The number of rotatable bonds is 5. The van der Waals surface area contributed by atoms with Gasteiger partial charge in [0.1, 0.15) is 11.9 Å². The second kappa shape index (κ2) is 14.2. The van der Waals surface area contributed by atoms with E-state index in [0.29, 0.717) is 11.5 Å². The van der Waals surface area contributed by atoms with Crippen molar-refractivity contribution in [3.63, 3.8) is 0 Å². The Hall–Kier alpha value is -3.16. The predicted octanol–water partition coefficient (Wildman–Crippen LogP) is 4.71. The first-order chi connectivity index (χ1) is 16.0. The van der Waals surface area contributed by atoms with Crippen molar-refractivity contribution in [3.05, 3.63) is 41.5 Å². The maximum Gasteiger partial charge on any atom is 0.147 e. The van der Waals surface area contributed by atoms with E-state index >= 15 is 0 Å². The molecule has 3 atom stereocenters. The fourth-order valence-electron chi connectivity index (χ4n) is 2.99. The van der Waals surface area contributed by atoms with Crippen molar-refractivity contribution < 1.29 is 4.74 Å². The maximum atomic E-state index is 6.50. The highest BCUT2D eigenvalue weighted by Gasteiger charge is 2.31. The zero-order valence-electron chi connectivity index (χ0n) is 22.2. The summed E-state index contributed by atoms with van der Waals surface area (Å²) >= 11 is 0. The van der Waals surface area contributed by atoms with Crippen LogP contribution >= 0.6 is 0 Å². The van der Waals surface area contributed by atoms with E-state index in [4.69, 9.17) is 15.9 Å². The molecule has 0 saturated heterocycles. The molecule has 0 aliphatic carbocycles. The summed E-state index contributed by atoms with van der Waals surface area (Å²) < 4.78 is 5.23. The number of nitrogens with two attached hydrogens (primary N) is 1. The Morgan fingerprint density at radius 1 is 1.18 bits per heavy atom. The first kappa shape index (κ1) is 28.9. The lowest BCUT2D eigenvalue weighted by molar-refractivity contribution is 0.415. The molecule has 0 radical (unpaired) electrons. The van der Waals surface area contributed by atoms with Gasteiger partial charge in [-0.05, 0) is 64.8 Å². The van der Waals surface area contributed by atoms with Gasteiger partial charge in [-0.25, -0.2) is 4.99 Å². The Kier molecular flexibility index (Phi) is 12.0. The first-order valence-electron chi connectivity index (χ1n) is 11.8. The van der Waals surface area contributed by atoms with Gasteiger partial charge in [-0.1, -0.05) is 33.3 Å². The molecule has 0 saturated carbocycles. The Balaban J connectivity index is 0.000000550. The second-order valence-corrected chi connectivity index (χ2v) is 9.09. The summed E-state index contributed by atoms with van der Waals surface area (Å²) in [6, 6.07) is 8.02. The van der Waals surface area contributed by atoms with Crippen LogP contribution in [0.15, 0.2) is 51.1 Å². The van der Waals surface area contributed by atoms with Crippen LogP contribution in [-0.2, 0) is 0 Å². The number of hydrazone groups is 2. The molecule has 188 valence electrons. The molecule has 2 heterocycles. The van der Waals surface area contributed by atoms with E-state index in [0.717, 1.165) is 34.2 Å². The van der Waals surface area contributed by atoms with Crippen molar-refractivity contribution in [1.29, 1.82) is 5.41 Å². The molecule has 0 amide bonds. The van der Waals surface area contributed by atoms with Crippen molar-refractivity contribution in [2.24, 2.45) is 32.8 Å². The standard InChI is InChI=1S/C18H24N6O.C5H12.C3H7N/c1-10-15(9-16-11(2)22-24-18(16)20-12(3)19)17(23-21-10)13-5-7-14(25-4)8-6-13;1-4-5(2)3;1-3(2)4/h5-10,16,18,21,24H,1-4H3,(H2,19,20);5H,4H2,1-3H3;4H,1-2H3/b15-9+;;. The minimum atomic E-state index is -0.178. The summed E-state index contributed by atoms with van der Waals surface area (Å²) in [6.45, 7) is 16.0. The molecule has 2 aliphatic heterocycles. The highest BCUT2D eigenvalue weighted by atomic mass is 16.5. The number of methoxy groups -OCH3 is 1. The highest BCUT2D eigenvalue weighted by molar-refractivity contribution is 6.14. The summed E-state index contributed by atoms with van der Waals surface area (Å²) in [5, 5.41) is 15.3. The lowest BCUT2D eigenvalue weighted by Gasteiger charge is -2.16. The molecule has 34 heavy (non-hydrogen) atoms. The van der Waals surface area contributed by atoms with Gasteiger partial charge in [0.2, 0.25) is 0 Å². The largest absolute Gasteiger partial charge is 0.497 e. The Labute approximate surface area is 205 Å². The monoisotopic (exact) mass is 469 g/mol. The third kappa shape index (κ3) is 9.37. The fraction of sp³-hybridized carbons (Fsp3) is 0.538. The number of hydrogen-bond donors (Lipinski definition) is 4. The van der Waals surface area contributed by atoms with Gasteiger partial charge < -0.3 is 21.3 Å². The lowest BCUT2D eigenvalue weighted by Crippen LogP contribution is -2.30. The van der Waals surface area contributed by atoms with Crippen molar-refractivity contribution in [3.8, 4) is 5.75 Å². The van der Waals surface area contributed by atoms with E-state index in [-0.39, 0.29) is 18.1 Å². The molecule has 8 nitrogen and oxygen atoms in total. The average molecular weight is 470 g/mol. The van der Waals surface area contributed by atoms with Gasteiger partial charge >= 0.3 is 0 Å². The molecule has 0 aromatic heterocycles. The van der Waals surface area contributed by atoms with Crippen LogP contribution in [0.5, 0.6) is 5.75 Å². The van der Waals surface area contributed by atoms with Crippen LogP contribution in [0.25, 0.3) is 0 Å². The van der Waals surface area contributed by atoms with E-state index in [1.165, 1.54) is 6.42 Å². The zero-order valence-corrected chi connectivity index (χ0v) is 22.2. The molecule has 3 rings (SSSR count). The van der Waals surface area contributed by atoms with E-state index in [2.05, 4.69) is 59.8 Å². The highest BCUT2D eigenvalue weighted by Crippen LogP contribution is 2.25. The fourth-order valence-corrected chi connectivity index (χ4v) is 2.99. The number of nitrogens with zero attached hydrogens (tertiary/aromatic N) is 3. The SMILES string of the molecule is CC(C)=N.CCC(C)C.COc1ccc(C2=NNC(C)/C2=C\C2C(C)=NNC2/N=C(/C)N)cc1. The van der Waals surface area contributed by atoms with Gasteiger partial charge in [0.05, 0.1) is 30.6 Å². The van der Waals surface area contributed by atoms with Gasteiger partial charge in [0.25, 0.3) is 0 Å². The van der Waals surface area contributed by atoms with E-state index in [1.807, 2.05) is 31.2 Å². The number of nitrogens with one attached hydrogen (secondary N) is 3. The van der Waals surface area contributed by atoms with Crippen molar-refractivity contribution in [1.82, 2.24) is 10.9 Å². The van der Waals surface area contributed by atoms with Gasteiger partial charge in [0.15, 0.2) is 0 Å². The smallest absolute Gasteiger partial charge is 0.147 e. The lowest BCUT2D eigenvalue weighted by atomic mass is 9.92. The number of amidine groups is 1. The predicted molar refractivity (Wildman–Crippen MR) is 145 cm³/mol. The van der Waals surface area contributed by atoms with Gasteiger partial charge in [-0.3, -0.25) is 5.43 Å². The minimum absolute atomic E-state index is 0.0410. The molecule has 0 bridgehead atoms. The minimum Gasteiger partial charge on any atom is -0.497 e. The Morgan fingerprint density at radius 2 is 1.74 bits per heavy atom. The molecule has 2 aliphatic rings. The first-order valence-corrected chi connectivity index (χ1v) is 11.8. The van der Waals surface area contributed by atoms with E-state index in [9.17, 15) is 0 Å². The van der Waals surface area contributed by atoms with E-state index in [1.54, 1.807) is 27.9 Å². The summed E-state index contributed by atoms with van der Waals surface area (Å²) in [7, 11) is 1.66. The molecule has 1 aromatic rings. The third-order valence-electron chi connectivity index (χ3n) is 5.19. The maximum absolute atomic E-state index is 6.50. The van der Waals surface area contributed by atoms with Crippen LogP contribution in [-0.4, -0.2) is 42.3 Å².